The van der Waals surface area contributed by atoms with Crippen molar-refractivity contribution in [2.45, 2.75) is 26.8 Å². The highest BCUT2D eigenvalue weighted by Gasteiger charge is 2.17. The first-order chi connectivity index (χ1) is 9.88. The van der Waals surface area contributed by atoms with Gasteiger partial charge >= 0.3 is 0 Å². The first-order valence-electron chi connectivity index (χ1n) is 6.69. The lowest BCUT2D eigenvalue weighted by Crippen LogP contribution is -2.09. The molecule has 0 amide bonds. The van der Waals surface area contributed by atoms with Crippen LogP contribution in [0.2, 0.25) is 0 Å². The largest absolute Gasteiger partial charge is 0.508 e. The summed E-state index contributed by atoms with van der Waals surface area (Å²) in [5.74, 6) is 0.177. The van der Waals surface area contributed by atoms with Crippen LogP contribution in [0.5, 0.6) is 5.75 Å². The second-order valence-electron chi connectivity index (χ2n) is 5.21. The van der Waals surface area contributed by atoms with Crippen LogP contribution in [0.4, 0.5) is 11.4 Å². The fourth-order valence-electron chi connectivity index (χ4n) is 2.26. The molecule has 0 spiro atoms. The van der Waals surface area contributed by atoms with Crippen LogP contribution in [0.25, 0.3) is 0 Å². The van der Waals surface area contributed by atoms with E-state index in [1.165, 1.54) is 6.07 Å². The second-order valence-corrected chi connectivity index (χ2v) is 5.21. The van der Waals surface area contributed by atoms with Crippen molar-refractivity contribution in [3.63, 3.8) is 0 Å². The van der Waals surface area contributed by atoms with Crippen molar-refractivity contribution in [2.75, 3.05) is 5.32 Å². The first kappa shape index (κ1) is 14.8. The number of benzene rings is 2. The molecular weight excluding hydrogens is 268 g/mol. The number of aromatic hydroxyl groups is 1. The summed E-state index contributed by atoms with van der Waals surface area (Å²) in [7, 11) is 0. The van der Waals surface area contributed by atoms with Gasteiger partial charge < -0.3 is 10.4 Å². The van der Waals surface area contributed by atoms with Crippen molar-refractivity contribution in [3.05, 3.63) is 63.2 Å². The third-order valence-corrected chi connectivity index (χ3v) is 3.37. The third-order valence-electron chi connectivity index (χ3n) is 3.37. The van der Waals surface area contributed by atoms with Gasteiger partial charge in [0.25, 0.3) is 5.69 Å². The maximum absolute atomic E-state index is 11.1. The Morgan fingerprint density at radius 1 is 1.14 bits per heavy atom. The molecule has 5 nitrogen and oxygen atoms in total. The number of nitrogens with one attached hydrogen (secondary N) is 1. The summed E-state index contributed by atoms with van der Waals surface area (Å²) in [6, 6.07) is 10.0. The van der Waals surface area contributed by atoms with Gasteiger partial charge in [-0.25, -0.2) is 0 Å². The van der Waals surface area contributed by atoms with E-state index < -0.39 is 4.92 Å². The second kappa shape index (κ2) is 5.83. The fraction of sp³-hybridized carbons (Fsp3) is 0.250. The van der Waals surface area contributed by atoms with E-state index in [4.69, 9.17) is 0 Å². The Hall–Kier alpha value is -2.56. The van der Waals surface area contributed by atoms with Gasteiger partial charge in [-0.1, -0.05) is 23.8 Å². The van der Waals surface area contributed by atoms with Crippen LogP contribution in [-0.4, -0.2) is 10.0 Å². The summed E-state index contributed by atoms with van der Waals surface area (Å²) in [6.07, 6.45) is 0. The molecule has 0 aliphatic rings. The first-order valence-corrected chi connectivity index (χ1v) is 6.69. The van der Waals surface area contributed by atoms with Gasteiger partial charge in [0.15, 0.2) is 0 Å². The molecule has 2 N–H and O–H groups in total. The topological polar surface area (TPSA) is 75.4 Å². The molecule has 1 unspecified atom stereocenters. The Morgan fingerprint density at radius 3 is 2.43 bits per heavy atom. The van der Waals surface area contributed by atoms with Crippen LogP contribution >= 0.6 is 0 Å². The molecule has 1 atom stereocenters. The molecule has 0 aliphatic carbocycles. The molecule has 5 heteroatoms. The molecule has 0 radical (unpaired) electrons. The van der Waals surface area contributed by atoms with Gasteiger partial charge in [0.05, 0.1) is 11.0 Å². The Balaban J connectivity index is 2.35. The summed E-state index contributed by atoms with van der Waals surface area (Å²) < 4.78 is 0. The van der Waals surface area contributed by atoms with Crippen molar-refractivity contribution in [3.8, 4) is 5.75 Å². The molecule has 2 aromatic carbocycles. The van der Waals surface area contributed by atoms with Gasteiger partial charge in [-0.3, -0.25) is 10.1 Å². The van der Waals surface area contributed by atoms with E-state index >= 15 is 0 Å². The summed E-state index contributed by atoms with van der Waals surface area (Å²) in [4.78, 5) is 10.7. The minimum Gasteiger partial charge on any atom is -0.508 e. The number of nitro benzene ring substituents is 1. The lowest BCUT2D eigenvalue weighted by Gasteiger charge is -2.18. The highest BCUT2D eigenvalue weighted by molar-refractivity contribution is 5.63. The zero-order valence-corrected chi connectivity index (χ0v) is 12.3. The van der Waals surface area contributed by atoms with Crippen LogP contribution in [0.1, 0.15) is 29.7 Å². The van der Waals surface area contributed by atoms with Crippen molar-refractivity contribution >= 4 is 11.4 Å². The molecular formula is C16H18N2O3. The number of phenolic OH excluding ortho intramolecular Hbond substituents is 1. The Morgan fingerprint density at radius 2 is 1.76 bits per heavy atom. The van der Waals surface area contributed by atoms with Crippen molar-refractivity contribution < 1.29 is 10.0 Å². The summed E-state index contributed by atoms with van der Waals surface area (Å²) in [6.45, 7) is 5.68. The maximum atomic E-state index is 11.1. The van der Waals surface area contributed by atoms with Gasteiger partial charge in [-0.15, -0.1) is 0 Å². The minimum atomic E-state index is -0.412. The van der Waals surface area contributed by atoms with E-state index in [1.807, 2.05) is 32.9 Å². The third kappa shape index (κ3) is 3.31. The quantitative estimate of drug-likeness (QED) is 0.655. The van der Waals surface area contributed by atoms with E-state index in [2.05, 4.69) is 5.32 Å². The summed E-state index contributed by atoms with van der Waals surface area (Å²) >= 11 is 0. The number of nitrogens with zero attached hydrogens (tertiary/aromatic N) is 1. The Labute approximate surface area is 123 Å². The van der Waals surface area contributed by atoms with E-state index in [-0.39, 0.29) is 17.5 Å². The fourth-order valence-corrected chi connectivity index (χ4v) is 2.26. The smallest absolute Gasteiger partial charge is 0.292 e. The SMILES string of the molecule is Cc1ccc([N+](=O)[O-])c(NC(C)c2cc(C)ccc2O)c1. The van der Waals surface area contributed by atoms with Crippen LogP contribution in [-0.2, 0) is 0 Å². The highest BCUT2D eigenvalue weighted by atomic mass is 16.6. The average molecular weight is 286 g/mol. The molecule has 0 bridgehead atoms. The van der Waals surface area contributed by atoms with Crippen molar-refractivity contribution in [1.82, 2.24) is 0 Å². The Kier molecular flexibility index (Phi) is 4.12. The number of nitro groups is 1. The molecule has 110 valence electrons. The highest BCUT2D eigenvalue weighted by Crippen LogP contribution is 2.32. The monoisotopic (exact) mass is 286 g/mol. The summed E-state index contributed by atoms with van der Waals surface area (Å²) in [5, 5.41) is 24.1. The van der Waals surface area contributed by atoms with E-state index in [0.717, 1.165) is 11.1 Å². The van der Waals surface area contributed by atoms with Gasteiger partial charge in [-0.2, -0.15) is 0 Å². The lowest BCUT2D eigenvalue weighted by atomic mass is 10.0. The maximum Gasteiger partial charge on any atom is 0.292 e. The van der Waals surface area contributed by atoms with Crippen molar-refractivity contribution in [2.24, 2.45) is 0 Å². The zero-order valence-electron chi connectivity index (χ0n) is 12.3. The number of anilines is 1. The number of phenols is 1. The van der Waals surface area contributed by atoms with E-state index in [0.29, 0.717) is 11.3 Å². The van der Waals surface area contributed by atoms with Gasteiger partial charge in [0.1, 0.15) is 11.4 Å². The molecule has 21 heavy (non-hydrogen) atoms. The lowest BCUT2D eigenvalue weighted by molar-refractivity contribution is -0.384. The molecule has 0 aromatic heterocycles. The normalized spacial score (nSPS) is 12.0. The standard InChI is InChI=1S/C16H18N2O3/c1-10-5-7-16(19)13(8-10)12(3)17-14-9-11(2)4-6-15(14)18(20)21/h4-9,12,17,19H,1-3H3. The molecule has 0 heterocycles. The number of aryl methyl sites for hydroxylation is 2. The molecule has 2 aromatic rings. The number of rotatable bonds is 4. The predicted octanol–water partition coefficient (Wildman–Crippen LogP) is 4.09. The molecule has 0 saturated heterocycles. The van der Waals surface area contributed by atoms with Crippen LogP contribution in [0.3, 0.4) is 0 Å². The van der Waals surface area contributed by atoms with Gasteiger partial charge in [-0.05, 0) is 38.5 Å². The number of hydrogen-bond donors (Lipinski definition) is 2. The van der Waals surface area contributed by atoms with Gasteiger partial charge in [0.2, 0.25) is 0 Å². The molecule has 2 rings (SSSR count). The Bertz CT molecular complexity index is 683. The van der Waals surface area contributed by atoms with Crippen LogP contribution < -0.4 is 5.32 Å². The average Bonchev–Trinajstić information content (AvgIpc) is 2.41. The zero-order chi connectivity index (χ0) is 15.6. The van der Waals surface area contributed by atoms with Crippen LogP contribution in [0.15, 0.2) is 36.4 Å². The summed E-state index contributed by atoms with van der Waals surface area (Å²) in [5.41, 5.74) is 3.15. The molecule has 0 fully saturated rings. The van der Waals surface area contributed by atoms with Crippen LogP contribution in [0, 0.1) is 24.0 Å². The molecule has 0 aliphatic heterocycles. The van der Waals surface area contributed by atoms with E-state index in [1.54, 1.807) is 18.2 Å². The van der Waals surface area contributed by atoms with E-state index in [9.17, 15) is 15.2 Å². The number of hydrogen-bond acceptors (Lipinski definition) is 4. The van der Waals surface area contributed by atoms with Gasteiger partial charge in [0, 0.05) is 11.6 Å². The van der Waals surface area contributed by atoms with Crippen molar-refractivity contribution in [1.29, 1.82) is 0 Å². The molecule has 0 saturated carbocycles. The minimum absolute atomic E-state index is 0.0274. The predicted molar refractivity (Wildman–Crippen MR) is 82.7 cm³/mol.